The van der Waals surface area contributed by atoms with Crippen LogP contribution in [0.3, 0.4) is 0 Å². The number of para-hydroxylation sites is 1. The first-order valence-corrected chi connectivity index (χ1v) is 7.93. The molecule has 2 aromatic rings. The second-order valence-corrected chi connectivity index (χ2v) is 6.21. The molecule has 1 atom stereocenters. The number of benzene rings is 1. The fourth-order valence-corrected chi connectivity index (χ4v) is 3.44. The Labute approximate surface area is 128 Å². The lowest BCUT2D eigenvalue weighted by Gasteiger charge is -2.32. The van der Waals surface area contributed by atoms with Gasteiger partial charge in [0.15, 0.2) is 0 Å². The van der Waals surface area contributed by atoms with E-state index < -0.39 is 0 Å². The summed E-state index contributed by atoms with van der Waals surface area (Å²) in [6, 6.07) is 8.14. The van der Waals surface area contributed by atoms with Crippen LogP contribution in [-0.4, -0.2) is 24.5 Å². The lowest BCUT2D eigenvalue weighted by molar-refractivity contribution is 0.0979. The first-order valence-electron chi connectivity index (χ1n) is 7.05. The Kier molecular flexibility index (Phi) is 4.03. The summed E-state index contributed by atoms with van der Waals surface area (Å²) in [5.41, 5.74) is 2.77. The molecule has 4 nitrogen and oxygen atoms in total. The molecule has 1 aromatic carbocycles. The van der Waals surface area contributed by atoms with Gasteiger partial charge in [-0.25, -0.2) is 4.98 Å². The van der Waals surface area contributed by atoms with Crippen LogP contribution in [0.1, 0.15) is 40.3 Å². The van der Waals surface area contributed by atoms with Gasteiger partial charge in [-0.15, -0.1) is 11.3 Å². The number of nitrogens with zero attached hydrogens (tertiary/aromatic N) is 2. The minimum Gasteiger partial charge on any atom is -0.378 e. The molecule has 0 fully saturated rings. The number of hydrogen-bond donors (Lipinski definition) is 0. The van der Waals surface area contributed by atoms with Gasteiger partial charge in [0.2, 0.25) is 0 Å². The van der Waals surface area contributed by atoms with Gasteiger partial charge >= 0.3 is 0 Å². The summed E-state index contributed by atoms with van der Waals surface area (Å²) in [4.78, 5) is 18.9. The maximum Gasteiger partial charge on any atom is 0.277 e. The molecule has 21 heavy (non-hydrogen) atoms. The zero-order valence-corrected chi connectivity index (χ0v) is 13.0. The molecule has 0 aliphatic carbocycles. The number of ether oxygens (including phenoxy) is 1. The molecule has 0 radical (unpaired) electrons. The zero-order chi connectivity index (χ0) is 14.8. The van der Waals surface area contributed by atoms with Crippen LogP contribution in [0.15, 0.2) is 29.6 Å². The second-order valence-electron chi connectivity index (χ2n) is 5.26. The maximum atomic E-state index is 12.7. The van der Waals surface area contributed by atoms with Crippen molar-refractivity contribution in [3.05, 3.63) is 45.9 Å². The van der Waals surface area contributed by atoms with Crippen molar-refractivity contribution in [1.29, 1.82) is 0 Å². The number of carbonyl (C=O) groups is 1. The minimum atomic E-state index is -0.0204. The summed E-state index contributed by atoms with van der Waals surface area (Å²) in [5, 5.41) is 2.65. The van der Waals surface area contributed by atoms with E-state index in [2.05, 4.69) is 18.0 Å². The fourth-order valence-electron chi connectivity index (χ4n) is 2.70. The number of aromatic nitrogens is 1. The van der Waals surface area contributed by atoms with Crippen LogP contribution < -0.4 is 4.90 Å². The summed E-state index contributed by atoms with van der Waals surface area (Å²) in [6.07, 6.45) is 0.984. The maximum absolute atomic E-state index is 12.7. The van der Waals surface area contributed by atoms with Gasteiger partial charge in [-0.05, 0) is 24.0 Å². The summed E-state index contributed by atoms with van der Waals surface area (Å²) in [7, 11) is 1.63. The van der Waals surface area contributed by atoms with Crippen LogP contribution in [0.5, 0.6) is 0 Å². The first kappa shape index (κ1) is 14.2. The number of hydrogen-bond acceptors (Lipinski definition) is 4. The average Bonchev–Trinajstić information content (AvgIpc) is 2.96. The van der Waals surface area contributed by atoms with Gasteiger partial charge in [-0.3, -0.25) is 4.79 Å². The van der Waals surface area contributed by atoms with Crippen molar-refractivity contribution in [3.63, 3.8) is 0 Å². The molecule has 2 heterocycles. The molecule has 1 aliphatic rings. The first-order chi connectivity index (χ1) is 10.2. The van der Waals surface area contributed by atoms with Crippen LogP contribution in [0.2, 0.25) is 0 Å². The molecule has 0 saturated carbocycles. The Morgan fingerprint density at radius 1 is 1.48 bits per heavy atom. The van der Waals surface area contributed by atoms with E-state index in [1.807, 2.05) is 28.5 Å². The monoisotopic (exact) mass is 302 g/mol. The van der Waals surface area contributed by atoms with Gasteiger partial charge in [-0.1, -0.05) is 25.1 Å². The van der Waals surface area contributed by atoms with Crippen molar-refractivity contribution in [1.82, 2.24) is 4.98 Å². The van der Waals surface area contributed by atoms with E-state index in [9.17, 15) is 4.79 Å². The molecule has 0 spiro atoms. The van der Waals surface area contributed by atoms with Crippen molar-refractivity contribution in [3.8, 4) is 0 Å². The number of thiazole rings is 1. The fraction of sp³-hybridized carbons (Fsp3) is 0.375. The molecular formula is C16H18N2O2S. The largest absolute Gasteiger partial charge is 0.378 e. The minimum absolute atomic E-state index is 0.0204. The third-order valence-corrected chi connectivity index (χ3v) is 4.65. The summed E-state index contributed by atoms with van der Waals surface area (Å²) in [6.45, 7) is 3.40. The van der Waals surface area contributed by atoms with E-state index in [4.69, 9.17) is 4.74 Å². The molecule has 0 saturated heterocycles. The Hall–Kier alpha value is -1.72. The highest BCUT2D eigenvalue weighted by atomic mass is 32.1. The standard InChI is InChI=1S/C16H18N2O2S/c1-11-7-8-18(14-6-4-3-5-12(11)14)16(19)13-10-21-15(17-13)9-20-2/h3-6,10-11H,7-9H2,1-2H3/t11-/m1/s1. The molecule has 5 heteroatoms. The van der Waals surface area contributed by atoms with E-state index in [0.717, 1.165) is 23.7 Å². The molecule has 0 unspecified atom stereocenters. The topological polar surface area (TPSA) is 42.4 Å². The Balaban J connectivity index is 1.89. The van der Waals surface area contributed by atoms with Crippen molar-refractivity contribution >= 4 is 22.9 Å². The molecule has 3 rings (SSSR count). The van der Waals surface area contributed by atoms with Gasteiger partial charge in [-0.2, -0.15) is 0 Å². The van der Waals surface area contributed by atoms with Crippen LogP contribution in [0.25, 0.3) is 0 Å². The number of carbonyl (C=O) groups excluding carboxylic acids is 1. The van der Waals surface area contributed by atoms with E-state index in [-0.39, 0.29) is 5.91 Å². The van der Waals surface area contributed by atoms with Crippen molar-refractivity contribution in [2.24, 2.45) is 0 Å². The second kappa shape index (κ2) is 5.95. The van der Waals surface area contributed by atoms with Crippen LogP contribution >= 0.6 is 11.3 Å². The van der Waals surface area contributed by atoms with Gasteiger partial charge in [0.25, 0.3) is 5.91 Å². The summed E-state index contributed by atoms with van der Waals surface area (Å²) in [5.74, 6) is 0.470. The van der Waals surface area contributed by atoms with Crippen molar-refractivity contribution in [2.45, 2.75) is 25.9 Å². The predicted molar refractivity (Wildman–Crippen MR) is 84.0 cm³/mol. The van der Waals surface area contributed by atoms with Gasteiger partial charge in [0.1, 0.15) is 10.7 Å². The van der Waals surface area contributed by atoms with Crippen LogP contribution in [0.4, 0.5) is 5.69 Å². The SMILES string of the molecule is COCc1nc(C(=O)N2CC[C@@H](C)c3ccccc32)cs1. The third-order valence-electron chi connectivity index (χ3n) is 3.83. The lowest BCUT2D eigenvalue weighted by atomic mass is 9.91. The molecule has 110 valence electrons. The lowest BCUT2D eigenvalue weighted by Crippen LogP contribution is -2.36. The molecule has 1 amide bonds. The Morgan fingerprint density at radius 3 is 3.10 bits per heavy atom. The van der Waals surface area contributed by atoms with Crippen LogP contribution in [-0.2, 0) is 11.3 Å². The molecule has 0 bridgehead atoms. The number of methoxy groups -OCH3 is 1. The van der Waals surface area contributed by atoms with Crippen molar-refractivity contribution < 1.29 is 9.53 Å². The molecular weight excluding hydrogens is 284 g/mol. The van der Waals surface area contributed by atoms with E-state index in [1.165, 1.54) is 16.9 Å². The highest BCUT2D eigenvalue weighted by Gasteiger charge is 2.27. The smallest absolute Gasteiger partial charge is 0.277 e. The number of amides is 1. The Bertz CT molecular complexity index is 653. The quantitative estimate of drug-likeness (QED) is 0.872. The zero-order valence-electron chi connectivity index (χ0n) is 12.2. The van der Waals surface area contributed by atoms with E-state index in [1.54, 1.807) is 7.11 Å². The highest BCUT2D eigenvalue weighted by molar-refractivity contribution is 7.09. The van der Waals surface area contributed by atoms with Crippen molar-refractivity contribution in [2.75, 3.05) is 18.6 Å². The summed E-state index contributed by atoms with van der Waals surface area (Å²) >= 11 is 1.46. The highest BCUT2D eigenvalue weighted by Crippen LogP contribution is 2.35. The normalized spacial score (nSPS) is 17.6. The van der Waals surface area contributed by atoms with E-state index >= 15 is 0 Å². The van der Waals surface area contributed by atoms with E-state index in [0.29, 0.717) is 18.2 Å². The van der Waals surface area contributed by atoms with Gasteiger partial charge in [0.05, 0.1) is 6.61 Å². The molecule has 0 N–H and O–H groups in total. The predicted octanol–water partition coefficient (Wildman–Crippen LogP) is 3.44. The average molecular weight is 302 g/mol. The number of anilines is 1. The molecule has 1 aromatic heterocycles. The molecule has 1 aliphatic heterocycles. The number of rotatable bonds is 3. The van der Waals surface area contributed by atoms with Gasteiger partial charge < -0.3 is 9.64 Å². The van der Waals surface area contributed by atoms with Gasteiger partial charge in [0, 0.05) is 24.7 Å². The Morgan fingerprint density at radius 2 is 2.29 bits per heavy atom. The van der Waals surface area contributed by atoms with Crippen LogP contribution in [0, 0.1) is 0 Å². The summed E-state index contributed by atoms with van der Waals surface area (Å²) < 4.78 is 5.06. The third kappa shape index (κ3) is 2.71. The number of fused-ring (bicyclic) bond motifs is 1.